The van der Waals surface area contributed by atoms with Gasteiger partial charge in [-0.15, -0.1) is 0 Å². The Bertz CT molecular complexity index is 495. The SMILES string of the molecule is COc1ccc(O)c(/C=C/[C@](C)(O)CCC=C(C)C)c1. The van der Waals surface area contributed by atoms with E-state index in [0.717, 1.165) is 6.42 Å². The van der Waals surface area contributed by atoms with Crippen molar-refractivity contribution in [2.24, 2.45) is 0 Å². The summed E-state index contributed by atoms with van der Waals surface area (Å²) in [4.78, 5) is 0. The summed E-state index contributed by atoms with van der Waals surface area (Å²) < 4.78 is 5.12. The van der Waals surface area contributed by atoms with Crippen molar-refractivity contribution in [3.8, 4) is 11.5 Å². The van der Waals surface area contributed by atoms with Crippen molar-refractivity contribution in [1.82, 2.24) is 0 Å². The van der Waals surface area contributed by atoms with Crippen LogP contribution < -0.4 is 4.74 Å². The Kier molecular flexibility index (Phi) is 5.83. The summed E-state index contributed by atoms with van der Waals surface area (Å²) in [6, 6.07) is 5.01. The Morgan fingerprint density at radius 1 is 1.35 bits per heavy atom. The van der Waals surface area contributed by atoms with Gasteiger partial charge in [0.05, 0.1) is 12.7 Å². The van der Waals surface area contributed by atoms with E-state index in [1.54, 1.807) is 44.4 Å². The number of aromatic hydroxyl groups is 1. The summed E-state index contributed by atoms with van der Waals surface area (Å²) in [7, 11) is 1.58. The second-order valence-electron chi connectivity index (χ2n) is 5.44. The fourth-order valence-electron chi connectivity index (χ4n) is 1.80. The van der Waals surface area contributed by atoms with E-state index in [4.69, 9.17) is 4.74 Å². The van der Waals surface area contributed by atoms with Gasteiger partial charge in [-0.05, 0) is 51.8 Å². The molecule has 1 aromatic rings. The molecule has 0 saturated carbocycles. The molecule has 0 amide bonds. The zero-order valence-corrected chi connectivity index (χ0v) is 12.7. The zero-order valence-electron chi connectivity index (χ0n) is 12.7. The largest absolute Gasteiger partial charge is 0.507 e. The van der Waals surface area contributed by atoms with Gasteiger partial charge < -0.3 is 14.9 Å². The summed E-state index contributed by atoms with van der Waals surface area (Å²) in [6.07, 6.45) is 7.00. The first-order chi connectivity index (χ1) is 9.34. The normalized spacial score (nSPS) is 14.1. The quantitative estimate of drug-likeness (QED) is 0.774. The number of ether oxygens (including phenoxy) is 1. The van der Waals surface area contributed by atoms with Crippen molar-refractivity contribution in [3.63, 3.8) is 0 Å². The molecule has 3 heteroatoms. The number of phenolic OH excluding ortho intramolecular Hbond substituents is 1. The van der Waals surface area contributed by atoms with Crippen molar-refractivity contribution in [2.45, 2.75) is 39.2 Å². The number of allylic oxidation sites excluding steroid dienone is 2. The summed E-state index contributed by atoms with van der Waals surface area (Å²) in [5.74, 6) is 0.841. The van der Waals surface area contributed by atoms with E-state index in [2.05, 4.69) is 6.08 Å². The lowest BCUT2D eigenvalue weighted by atomic mass is 9.97. The lowest BCUT2D eigenvalue weighted by Crippen LogP contribution is -2.19. The van der Waals surface area contributed by atoms with Crippen molar-refractivity contribution in [3.05, 3.63) is 41.5 Å². The van der Waals surface area contributed by atoms with Gasteiger partial charge in [0.25, 0.3) is 0 Å². The maximum Gasteiger partial charge on any atom is 0.123 e. The molecule has 0 aliphatic carbocycles. The molecular weight excluding hydrogens is 252 g/mol. The zero-order chi connectivity index (χ0) is 15.2. The molecule has 110 valence electrons. The number of hydrogen-bond donors (Lipinski definition) is 2. The lowest BCUT2D eigenvalue weighted by Gasteiger charge is -2.18. The third-order valence-electron chi connectivity index (χ3n) is 3.06. The predicted octanol–water partition coefficient (Wildman–Crippen LogP) is 3.91. The molecule has 0 fully saturated rings. The average molecular weight is 276 g/mol. The molecule has 0 bridgehead atoms. The summed E-state index contributed by atoms with van der Waals surface area (Å²) >= 11 is 0. The number of aliphatic hydroxyl groups is 1. The van der Waals surface area contributed by atoms with Gasteiger partial charge >= 0.3 is 0 Å². The van der Waals surface area contributed by atoms with Crippen LogP contribution >= 0.6 is 0 Å². The first-order valence-electron chi connectivity index (χ1n) is 6.76. The molecule has 1 aromatic carbocycles. The third-order valence-corrected chi connectivity index (χ3v) is 3.06. The van der Waals surface area contributed by atoms with Crippen molar-refractivity contribution >= 4 is 6.08 Å². The standard InChI is InChI=1S/C17H24O3/c1-13(2)6-5-10-17(3,19)11-9-14-12-15(20-4)7-8-16(14)18/h6-9,11-12,18-19H,5,10H2,1-4H3/b11-9+/t17-/m1/s1. The van der Waals surface area contributed by atoms with Crippen LogP contribution in [-0.2, 0) is 0 Å². The van der Waals surface area contributed by atoms with Crippen molar-refractivity contribution in [1.29, 1.82) is 0 Å². The molecule has 0 aliphatic rings. The van der Waals surface area contributed by atoms with Gasteiger partial charge in [-0.2, -0.15) is 0 Å². The van der Waals surface area contributed by atoms with Crippen LogP contribution in [0.15, 0.2) is 35.9 Å². The van der Waals surface area contributed by atoms with Crippen LogP contribution in [0.1, 0.15) is 39.2 Å². The molecule has 3 nitrogen and oxygen atoms in total. The minimum absolute atomic E-state index is 0.169. The van der Waals surface area contributed by atoms with E-state index in [9.17, 15) is 10.2 Å². The van der Waals surface area contributed by atoms with E-state index in [1.165, 1.54) is 5.57 Å². The van der Waals surface area contributed by atoms with Crippen LogP contribution in [0.5, 0.6) is 11.5 Å². The van der Waals surface area contributed by atoms with Crippen LogP contribution in [0.4, 0.5) is 0 Å². The summed E-state index contributed by atoms with van der Waals surface area (Å²) in [6.45, 7) is 5.84. The molecule has 1 rings (SSSR count). The number of methoxy groups -OCH3 is 1. The fourth-order valence-corrected chi connectivity index (χ4v) is 1.80. The predicted molar refractivity (Wildman–Crippen MR) is 83.0 cm³/mol. The molecule has 0 heterocycles. The van der Waals surface area contributed by atoms with Gasteiger partial charge in [0.15, 0.2) is 0 Å². The van der Waals surface area contributed by atoms with Crippen molar-refractivity contribution in [2.75, 3.05) is 7.11 Å². The minimum atomic E-state index is -0.901. The molecule has 0 saturated heterocycles. The van der Waals surface area contributed by atoms with E-state index in [1.807, 2.05) is 13.8 Å². The highest BCUT2D eigenvalue weighted by molar-refractivity contribution is 5.59. The average Bonchev–Trinajstić information content (AvgIpc) is 2.37. The molecule has 0 spiro atoms. The molecule has 0 aliphatic heterocycles. The monoisotopic (exact) mass is 276 g/mol. The molecule has 20 heavy (non-hydrogen) atoms. The van der Waals surface area contributed by atoms with Crippen LogP contribution in [-0.4, -0.2) is 22.9 Å². The molecule has 0 radical (unpaired) electrons. The van der Waals surface area contributed by atoms with Gasteiger partial charge in [0, 0.05) is 5.56 Å². The number of rotatable bonds is 6. The highest BCUT2D eigenvalue weighted by atomic mass is 16.5. The van der Waals surface area contributed by atoms with Crippen LogP contribution in [0.2, 0.25) is 0 Å². The van der Waals surface area contributed by atoms with Gasteiger partial charge in [0.1, 0.15) is 11.5 Å². The second kappa shape index (κ2) is 7.15. The van der Waals surface area contributed by atoms with E-state index in [0.29, 0.717) is 17.7 Å². The van der Waals surface area contributed by atoms with E-state index >= 15 is 0 Å². The Balaban J connectivity index is 2.77. The van der Waals surface area contributed by atoms with Gasteiger partial charge in [-0.25, -0.2) is 0 Å². The minimum Gasteiger partial charge on any atom is -0.507 e. The van der Waals surface area contributed by atoms with Crippen molar-refractivity contribution < 1.29 is 14.9 Å². The Morgan fingerprint density at radius 3 is 2.65 bits per heavy atom. The van der Waals surface area contributed by atoms with E-state index in [-0.39, 0.29) is 5.75 Å². The van der Waals surface area contributed by atoms with Crippen LogP contribution in [0.3, 0.4) is 0 Å². The highest BCUT2D eigenvalue weighted by Gasteiger charge is 2.15. The molecule has 0 unspecified atom stereocenters. The molecule has 0 aromatic heterocycles. The third kappa shape index (κ3) is 5.49. The topological polar surface area (TPSA) is 49.7 Å². The number of phenols is 1. The molecular formula is C17H24O3. The summed E-state index contributed by atoms with van der Waals surface area (Å²) in [5.41, 5.74) is 0.976. The highest BCUT2D eigenvalue weighted by Crippen LogP contribution is 2.25. The Labute approximate surface area is 121 Å². The number of hydrogen-bond acceptors (Lipinski definition) is 3. The summed E-state index contributed by atoms with van der Waals surface area (Å²) in [5, 5.41) is 20.1. The van der Waals surface area contributed by atoms with Gasteiger partial charge in [-0.1, -0.05) is 23.8 Å². The smallest absolute Gasteiger partial charge is 0.123 e. The maximum absolute atomic E-state index is 10.3. The molecule has 2 N–H and O–H groups in total. The van der Waals surface area contributed by atoms with Crippen LogP contribution in [0.25, 0.3) is 6.08 Å². The first kappa shape index (κ1) is 16.3. The fraction of sp³-hybridized carbons (Fsp3) is 0.412. The van der Waals surface area contributed by atoms with Gasteiger partial charge in [-0.3, -0.25) is 0 Å². The Hall–Kier alpha value is -1.74. The lowest BCUT2D eigenvalue weighted by molar-refractivity contribution is 0.104. The van der Waals surface area contributed by atoms with E-state index < -0.39 is 5.60 Å². The molecule has 1 atom stereocenters. The van der Waals surface area contributed by atoms with Crippen LogP contribution in [0, 0.1) is 0 Å². The first-order valence-corrected chi connectivity index (χ1v) is 6.76. The Morgan fingerprint density at radius 2 is 2.05 bits per heavy atom. The maximum atomic E-state index is 10.3. The second-order valence-corrected chi connectivity index (χ2v) is 5.44. The van der Waals surface area contributed by atoms with Gasteiger partial charge in [0.2, 0.25) is 0 Å². The number of benzene rings is 1.